The predicted octanol–water partition coefficient (Wildman–Crippen LogP) is 4.42. The maximum Gasteiger partial charge on any atom is 0.254 e. The van der Waals surface area contributed by atoms with Crippen molar-refractivity contribution in [3.8, 4) is 11.3 Å². The summed E-state index contributed by atoms with van der Waals surface area (Å²) in [6, 6.07) is 8.70. The molecule has 0 bridgehead atoms. The second-order valence-electron chi connectivity index (χ2n) is 7.23. The van der Waals surface area contributed by atoms with Crippen LogP contribution in [0.5, 0.6) is 0 Å². The highest BCUT2D eigenvalue weighted by atomic mass is 35.5. The number of carbonyl (C=O) groups excluding carboxylic acids is 1. The number of ketones is 1. The van der Waals surface area contributed by atoms with Gasteiger partial charge >= 0.3 is 0 Å². The van der Waals surface area contributed by atoms with E-state index in [0.29, 0.717) is 42.2 Å². The third-order valence-corrected chi connectivity index (χ3v) is 4.90. The number of rotatable bonds is 11. The smallest absolute Gasteiger partial charge is 0.254 e. The lowest BCUT2D eigenvalue weighted by Gasteiger charge is -2.13. The van der Waals surface area contributed by atoms with E-state index in [-0.39, 0.29) is 17.9 Å². The van der Waals surface area contributed by atoms with Gasteiger partial charge in [-0.2, -0.15) is 0 Å². The van der Waals surface area contributed by atoms with Gasteiger partial charge in [0, 0.05) is 29.5 Å². The van der Waals surface area contributed by atoms with Gasteiger partial charge in [-0.3, -0.25) is 14.2 Å². The van der Waals surface area contributed by atoms with Gasteiger partial charge in [0.15, 0.2) is 5.78 Å². The first-order chi connectivity index (χ1) is 13.4. The molecule has 1 aromatic carbocycles. The largest absolute Gasteiger partial charge is 0.393 e. The summed E-state index contributed by atoms with van der Waals surface area (Å²) in [5.74, 6) is 0.635. The van der Waals surface area contributed by atoms with Crippen LogP contribution >= 0.6 is 11.6 Å². The Hall–Kier alpha value is -1.98. The molecule has 0 amide bonds. The molecule has 0 radical (unpaired) electrons. The topological polar surface area (TPSA) is 72.2 Å². The predicted molar refractivity (Wildman–Crippen MR) is 113 cm³/mol. The summed E-state index contributed by atoms with van der Waals surface area (Å²) in [6.45, 7) is 3.87. The molecule has 28 heavy (non-hydrogen) atoms. The minimum Gasteiger partial charge on any atom is -0.393 e. The fourth-order valence-corrected chi connectivity index (χ4v) is 3.19. The van der Waals surface area contributed by atoms with Crippen LogP contribution in [0, 0.1) is 0 Å². The van der Waals surface area contributed by atoms with Gasteiger partial charge in [0.25, 0.3) is 5.56 Å². The Balaban J connectivity index is 2.25. The van der Waals surface area contributed by atoms with E-state index in [4.69, 9.17) is 16.6 Å². The summed E-state index contributed by atoms with van der Waals surface area (Å²) in [7, 11) is 0. The van der Waals surface area contributed by atoms with E-state index in [1.54, 1.807) is 19.1 Å². The minimum absolute atomic E-state index is 0.0134. The van der Waals surface area contributed by atoms with E-state index >= 15 is 0 Å². The summed E-state index contributed by atoms with van der Waals surface area (Å²) in [5, 5.41) is 9.96. The maximum atomic E-state index is 12.8. The van der Waals surface area contributed by atoms with Crippen LogP contribution in [0.1, 0.15) is 58.2 Å². The van der Waals surface area contributed by atoms with Crippen LogP contribution in [0.2, 0.25) is 5.02 Å². The Morgan fingerprint density at radius 3 is 2.57 bits per heavy atom. The van der Waals surface area contributed by atoms with Gasteiger partial charge in [0.05, 0.1) is 18.3 Å². The van der Waals surface area contributed by atoms with Crippen molar-refractivity contribution >= 4 is 17.4 Å². The van der Waals surface area contributed by atoms with E-state index in [0.717, 1.165) is 24.8 Å². The van der Waals surface area contributed by atoms with Gasteiger partial charge in [-0.15, -0.1) is 0 Å². The number of unbranched alkanes of at least 4 members (excludes halogenated alkanes) is 2. The number of hydrogen-bond donors (Lipinski definition) is 1. The highest BCUT2D eigenvalue weighted by molar-refractivity contribution is 6.30. The molecule has 0 aliphatic heterocycles. The number of aromatic nitrogens is 2. The standard InChI is InChI=1S/C22H29ClN2O3/c1-3-4-5-9-21-24-20(17-10-12-18(23)13-11-17)14-22(28)25(21)15-19(27)8-6-7-16(2)26/h10-14,16,26H,3-9,15H2,1-2H3. The number of hydrogen-bond acceptors (Lipinski definition) is 4. The van der Waals surface area contributed by atoms with E-state index in [1.165, 1.54) is 10.6 Å². The van der Waals surface area contributed by atoms with Crippen molar-refractivity contribution in [2.24, 2.45) is 0 Å². The molecular weight excluding hydrogens is 376 g/mol. The average Bonchev–Trinajstić information content (AvgIpc) is 2.64. The molecule has 152 valence electrons. The highest BCUT2D eigenvalue weighted by Crippen LogP contribution is 2.19. The first-order valence-corrected chi connectivity index (χ1v) is 10.3. The van der Waals surface area contributed by atoms with Crippen molar-refractivity contribution in [2.75, 3.05) is 0 Å². The molecule has 0 aliphatic rings. The molecule has 0 saturated carbocycles. The highest BCUT2D eigenvalue weighted by Gasteiger charge is 2.13. The fourth-order valence-electron chi connectivity index (χ4n) is 3.07. The molecule has 5 nitrogen and oxygen atoms in total. The number of nitrogens with zero attached hydrogens (tertiary/aromatic N) is 2. The Bertz CT molecular complexity index is 829. The third kappa shape index (κ3) is 6.88. The quantitative estimate of drug-likeness (QED) is 0.563. The van der Waals surface area contributed by atoms with Crippen molar-refractivity contribution in [3.05, 3.63) is 51.5 Å². The third-order valence-electron chi connectivity index (χ3n) is 4.64. The number of aliphatic hydroxyl groups is 1. The first-order valence-electron chi connectivity index (χ1n) is 9.97. The van der Waals surface area contributed by atoms with Crippen LogP contribution < -0.4 is 5.56 Å². The Morgan fingerprint density at radius 2 is 1.93 bits per heavy atom. The molecule has 0 saturated heterocycles. The lowest BCUT2D eigenvalue weighted by atomic mass is 10.1. The molecule has 1 aromatic heterocycles. The first kappa shape index (κ1) is 22.3. The van der Waals surface area contributed by atoms with E-state index in [9.17, 15) is 14.7 Å². The molecule has 2 aromatic rings. The summed E-state index contributed by atoms with van der Waals surface area (Å²) in [4.78, 5) is 29.8. The minimum atomic E-state index is -0.416. The lowest BCUT2D eigenvalue weighted by Crippen LogP contribution is -2.28. The normalized spacial score (nSPS) is 12.1. The van der Waals surface area contributed by atoms with E-state index in [1.807, 2.05) is 12.1 Å². The summed E-state index contributed by atoms with van der Waals surface area (Å²) in [6.07, 6.45) is 4.83. The van der Waals surface area contributed by atoms with Crippen LogP contribution in [0.15, 0.2) is 35.1 Å². The van der Waals surface area contributed by atoms with Crippen LogP contribution in [0.4, 0.5) is 0 Å². The maximum absolute atomic E-state index is 12.8. The van der Waals surface area contributed by atoms with Gasteiger partial charge in [-0.1, -0.05) is 43.5 Å². The molecule has 1 unspecified atom stereocenters. The molecule has 2 rings (SSSR count). The van der Waals surface area contributed by atoms with E-state index in [2.05, 4.69) is 6.92 Å². The molecule has 1 heterocycles. The number of aliphatic hydroxyl groups excluding tert-OH is 1. The molecule has 0 spiro atoms. The molecule has 1 N–H and O–H groups in total. The van der Waals surface area contributed by atoms with Crippen LogP contribution in [-0.4, -0.2) is 26.5 Å². The van der Waals surface area contributed by atoms with Crippen molar-refractivity contribution in [1.82, 2.24) is 9.55 Å². The van der Waals surface area contributed by atoms with Gasteiger partial charge in [0.1, 0.15) is 5.82 Å². The number of aryl methyl sites for hydroxylation is 1. The Morgan fingerprint density at radius 1 is 1.21 bits per heavy atom. The van der Waals surface area contributed by atoms with Crippen LogP contribution in [0.25, 0.3) is 11.3 Å². The van der Waals surface area contributed by atoms with Crippen molar-refractivity contribution < 1.29 is 9.90 Å². The van der Waals surface area contributed by atoms with Crippen molar-refractivity contribution in [1.29, 1.82) is 0 Å². The number of carbonyl (C=O) groups is 1. The van der Waals surface area contributed by atoms with E-state index < -0.39 is 6.10 Å². The fraction of sp³-hybridized carbons (Fsp3) is 0.500. The molecule has 0 fully saturated rings. The lowest BCUT2D eigenvalue weighted by molar-refractivity contribution is -0.119. The molecule has 6 heteroatoms. The zero-order valence-corrected chi connectivity index (χ0v) is 17.4. The molecule has 0 aliphatic carbocycles. The zero-order chi connectivity index (χ0) is 20.5. The monoisotopic (exact) mass is 404 g/mol. The molecular formula is C22H29ClN2O3. The second kappa shape index (κ2) is 11.1. The van der Waals surface area contributed by atoms with Gasteiger partial charge < -0.3 is 5.11 Å². The number of Topliss-reactive ketones (excluding diaryl/α,β-unsaturated/α-hetero) is 1. The summed E-state index contributed by atoms with van der Waals surface area (Å²) < 4.78 is 1.50. The zero-order valence-electron chi connectivity index (χ0n) is 16.7. The summed E-state index contributed by atoms with van der Waals surface area (Å²) >= 11 is 5.95. The average molecular weight is 405 g/mol. The number of halogens is 1. The molecule has 1 atom stereocenters. The van der Waals surface area contributed by atoms with Crippen molar-refractivity contribution in [2.45, 2.75) is 71.4 Å². The van der Waals surface area contributed by atoms with Crippen LogP contribution in [-0.2, 0) is 17.8 Å². The summed E-state index contributed by atoms with van der Waals surface area (Å²) in [5.41, 5.74) is 1.22. The van der Waals surface area contributed by atoms with Crippen molar-refractivity contribution in [3.63, 3.8) is 0 Å². The SMILES string of the molecule is CCCCCc1nc(-c2ccc(Cl)cc2)cc(=O)n1CC(=O)CCCC(C)O. The van der Waals surface area contributed by atoms with Gasteiger partial charge in [-0.05, 0) is 38.3 Å². The Labute approximate surface area is 171 Å². The number of benzene rings is 1. The van der Waals surface area contributed by atoms with Gasteiger partial charge in [-0.25, -0.2) is 4.98 Å². The second-order valence-corrected chi connectivity index (χ2v) is 7.66. The van der Waals surface area contributed by atoms with Gasteiger partial charge in [0.2, 0.25) is 0 Å². The Kier molecular flexibility index (Phi) is 8.87. The van der Waals surface area contributed by atoms with Crippen LogP contribution in [0.3, 0.4) is 0 Å².